The maximum absolute atomic E-state index is 6.04. The van der Waals surface area contributed by atoms with E-state index in [2.05, 4.69) is 6.92 Å². The van der Waals surface area contributed by atoms with Crippen molar-refractivity contribution in [2.24, 2.45) is 0 Å². The van der Waals surface area contributed by atoms with Crippen LogP contribution in [0.25, 0.3) is 0 Å². The monoisotopic (exact) mass is 276 g/mol. The normalized spacial score (nSPS) is 12.7. The van der Waals surface area contributed by atoms with Crippen molar-refractivity contribution in [2.75, 3.05) is 13.2 Å². The maximum Gasteiger partial charge on any atom is 0.0805 e. The Kier molecular flexibility index (Phi) is 6.90. The van der Waals surface area contributed by atoms with Gasteiger partial charge < -0.3 is 9.47 Å². The first-order valence-electron chi connectivity index (χ1n) is 5.80. The fourth-order valence-corrected chi connectivity index (χ4v) is 1.92. The van der Waals surface area contributed by atoms with Gasteiger partial charge in [0.2, 0.25) is 0 Å². The minimum absolute atomic E-state index is 0.158. The fourth-order valence-electron chi connectivity index (χ4n) is 1.46. The first kappa shape index (κ1) is 14.8. The van der Waals surface area contributed by atoms with E-state index in [0.29, 0.717) is 29.9 Å². The fraction of sp³-hybridized carbons (Fsp3) is 0.538. The lowest BCUT2D eigenvalue weighted by molar-refractivity contribution is -0.0183. The summed E-state index contributed by atoms with van der Waals surface area (Å²) in [5.74, 6) is 0. The quantitative estimate of drug-likeness (QED) is 0.738. The van der Waals surface area contributed by atoms with Crippen molar-refractivity contribution in [3.8, 4) is 0 Å². The summed E-state index contributed by atoms with van der Waals surface area (Å²) in [5, 5.41) is 1.28. The lowest BCUT2D eigenvalue weighted by Crippen LogP contribution is -2.18. The number of ether oxygens (including phenoxy) is 2. The lowest BCUT2D eigenvalue weighted by Gasteiger charge is -2.15. The van der Waals surface area contributed by atoms with E-state index in [1.54, 1.807) is 6.07 Å². The van der Waals surface area contributed by atoms with Gasteiger partial charge in [-0.1, -0.05) is 36.2 Å². The minimum Gasteiger partial charge on any atom is -0.376 e. The highest BCUT2D eigenvalue weighted by Crippen LogP contribution is 2.21. The first-order valence-corrected chi connectivity index (χ1v) is 6.56. The van der Waals surface area contributed by atoms with Crippen LogP contribution in [-0.4, -0.2) is 19.3 Å². The predicted molar refractivity (Wildman–Crippen MR) is 71.8 cm³/mol. The summed E-state index contributed by atoms with van der Waals surface area (Å²) in [6.45, 7) is 5.85. The Balaban J connectivity index is 2.39. The van der Waals surface area contributed by atoms with E-state index in [4.69, 9.17) is 32.7 Å². The second-order valence-electron chi connectivity index (χ2n) is 3.74. The summed E-state index contributed by atoms with van der Waals surface area (Å²) in [5.41, 5.74) is 0.947. The molecule has 0 bridgehead atoms. The van der Waals surface area contributed by atoms with Crippen LogP contribution in [0.15, 0.2) is 18.2 Å². The molecule has 0 spiro atoms. The maximum atomic E-state index is 6.04. The van der Waals surface area contributed by atoms with Crippen molar-refractivity contribution in [1.82, 2.24) is 0 Å². The molecule has 0 saturated heterocycles. The van der Waals surface area contributed by atoms with E-state index in [0.717, 1.165) is 12.0 Å². The van der Waals surface area contributed by atoms with Crippen LogP contribution in [0.2, 0.25) is 10.0 Å². The summed E-state index contributed by atoms with van der Waals surface area (Å²) in [6.07, 6.45) is 1.11. The molecule has 1 aromatic rings. The molecule has 0 aliphatic carbocycles. The molecule has 0 amide bonds. The molecule has 4 heteroatoms. The SMILES string of the molecule is CCOC(CC)COCc1ccc(Cl)cc1Cl. The van der Waals surface area contributed by atoms with Gasteiger partial charge >= 0.3 is 0 Å². The van der Waals surface area contributed by atoms with Gasteiger partial charge in [-0.05, 0) is 31.0 Å². The van der Waals surface area contributed by atoms with E-state index in [1.165, 1.54) is 0 Å². The average molecular weight is 277 g/mol. The molecule has 2 nitrogen and oxygen atoms in total. The highest BCUT2D eigenvalue weighted by Gasteiger charge is 2.07. The molecule has 1 atom stereocenters. The molecule has 17 heavy (non-hydrogen) atoms. The zero-order valence-electron chi connectivity index (χ0n) is 10.2. The van der Waals surface area contributed by atoms with Gasteiger partial charge in [0, 0.05) is 16.7 Å². The van der Waals surface area contributed by atoms with Gasteiger partial charge in [-0.2, -0.15) is 0 Å². The standard InChI is InChI=1S/C13H18Cl2O2/c1-3-12(17-4-2)9-16-8-10-5-6-11(14)7-13(10)15/h5-7,12H,3-4,8-9H2,1-2H3. The molecule has 0 saturated carbocycles. The van der Waals surface area contributed by atoms with Gasteiger partial charge in [0.1, 0.15) is 0 Å². The Hall–Kier alpha value is -0.280. The molecule has 0 heterocycles. The largest absolute Gasteiger partial charge is 0.376 e. The summed E-state index contributed by atoms with van der Waals surface area (Å²) in [4.78, 5) is 0. The van der Waals surface area contributed by atoms with Crippen LogP contribution in [0, 0.1) is 0 Å². The molecule has 0 fully saturated rings. The third-order valence-electron chi connectivity index (χ3n) is 2.43. The highest BCUT2D eigenvalue weighted by atomic mass is 35.5. The van der Waals surface area contributed by atoms with E-state index in [9.17, 15) is 0 Å². The predicted octanol–water partition coefficient (Wildman–Crippen LogP) is 4.33. The third kappa shape index (κ3) is 5.26. The van der Waals surface area contributed by atoms with Crippen LogP contribution in [0.3, 0.4) is 0 Å². The van der Waals surface area contributed by atoms with E-state index < -0.39 is 0 Å². The smallest absolute Gasteiger partial charge is 0.0805 e. The first-order chi connectivity index (χ1) is 8.17. The number of hydrogen-bond donors (Lipinski definition) is 0. The molecule has 0 aromatic heterocycles. The number of hydrogen-bond acceptors (Lipinski definition) is 2. The second kappa shape index (κ2) is 7.93. The number of rotatable bonds is 7. The number of halogens is 2. The van der Waals surface area contributed by atoms with Crippen molar-refractivity contribution in [3.05, 3.63) is 33.8 Å². The summed E-state index contributed by atoms with van der Waals surface area (Å²) in [6, 6.07) is 5.42. The average Bonchev–Trinajstić information content (AvgIpc) is 2.30. The van der Waals surface area contributed by atoms with Gasteiger partial charge in [0.15, 0.2) is 0 Å². The third-order valence-corrected chi connectivity index (χ3v) is 3.02. The van der Waals surface area contributed by atoms with Crippen LogP contribution in [0.1, 0.15) is 25.8 Å². The van der Waals surface area contributed by atoms with Crippen LogP contribution in [0.5, 0.6) is 0 Å². The Bertz CT molecular complexity index is 342. The van der Waals surface area contributed by atoms with Gasteiger partial charge in [0.05, 0.1) is 19.3 Å². The molecule has 0 N–H and O–H groups in total. The Morgan fingerprint density at radius 1 is 1.24 bits per heavy atom. The molecular formula is C13H18Cl2O2. The lowest BCUT2D eigenvalue weighted by atomic mass is 10.2. The van der Waals surface area contributed by atoms with Gasteiger partial charge in [-0.3, -0.25) is 0 Å². The topological polar surface area (TPSA) is 18.5 Å². The van der Waals surface area contributed by atoms with Crippen LogP contribution in [-0.2, 0) is 16.1 Å². The Morgan fingerprint density at radius 2 is 2.00 bits per heavy atom. The highest BCUT2D eigenvalue weighted by molar-refractivity contribution is 6.35. The molecule has 96 valence electrons. The summed E-state index contributed by atoms with van der Waals surface area (Å²) in [7, 11) is 0. The van der Waals surface area contributed by atoms with Gasteiger partial charge in [-0.15, -0.1) is 0 Å². The molecule has 1 aromatic carbocycles. The van der Waals surface area contributed by atoms with Crippen LogP contribution >= 0.6 is 23.2 Å². The minimum atomic E-state index is 0.158. The van der Waals surface area contributed by atoms with E-state index >= 15 is 0 Å². The van der Waals surface area contributed by atoms with Gasteiger partial charge in [-0.25, -0.2) is 0 Å². The summed E-state index contributed by atoms with van der Waals surface area (Å²) >= 11 is 11.9. The molecule has 0 radical (unpaired) electrons. The van der Waals surface area contributed by atoms with Crippen LogP contribution < -0.4 is 0 Å². The zero-order valence-corrected chi connectivity index (χ0v) is 11.7. The number of benzene rings is 1. The Labute approximate surface area is 113 Å². The molecular weight excluding hydrogens is 259 g/mol. The van der Waals surface area contributed by atoms with Crippen molar-refractivity contribution < 1.29 is 9.47 Å². The Morgan fingerprint density at radius 3 is 2.59 bits per heavy atom. The van der Waals surface area contributed by atoms with E-state index in [1.807, 2.05) is 19.1 Å². The molecule has 1 rings (SSSR count). The zero-order chi connectivity index (χ0) is 12.7. The van der Waals surface area contributed by atoms with Crippen molar-refractivity contribution in [3.63, 3.8) is 0 Å². The van der Waals surface area contributed by atoms with Crippen molar-refractivity contribution >= 4 is 23.2 Å². The second-order valence-corrected chi connectivity index (χ2v) is 4.58. The van der Waals surface area contributed by atoms with Crippen LogP contribution in [0.4, 0.5) is 0 Å². The van der Waals surface area contributed by atoms with E-state index in [-0.39, 0.29) is 6.10 Å². The van der Waals surface area contributed by atoms with Crippen molar-refractivity contribution in [1.29, 1.82) is 0 Å². The summed E-state index contributed by atoms with van der Waals surface area (Å²) < 4.78 is 11.1. The molecule has 1 unspecified atom stereocenters. The van der Waals surface area contributed by atoms with Gasteiger partial charge in [0.25, 0.3) is 0 Å². The van der Waals surface area contributed by atoms with Crippen molar-refractivity contribution in [2.45, 2.75) is 33.0 Å². The molecule has 0 aliphatic heterocycles. The molecule has 0 aliphatic rings.